The first-order chi connectivity index (χ1) is 11.6. The predicted octanol–water partition coefficient (Wildman–Crippen LogP) is 3.21. The molecule has 1 saturated heterocycles. The number of anilines is 1. The lowest BCUT2D eigenvalue weighted by atomic mass is 10.1. The monoisotopic (exact) mass is 340 g/mol. The van der Waals surface area contributed by atoms with E-state index in [2.05, 4.69) is 58.2 Å². The maximum Gasteiger partial charge on any atom is 0.173 e. The van der Waals surface area contributed by atoms with Gasteiger partial charge in [0.15, 0.2) is 5.11 Å². The highest BCUT2D eigenvalue weighted by Crippen LogP contribution is 2.19. The summed E-state index contributed by atoms with van der Waals surface area (Å²) in [4.78, 5) is 9.09. The van der Waals surface area contributed by atoms with Gasteiger partial charge in [-0.05, 0) is 55.4 Å². The number of hydrogen-bond donors (Lipinski definition) is 1. The average Bonchev–Trinajstić information content (AvgIpc) is 2.60. The van der Waals surface area contributed by atoms with Crippen molar-refractivity contribution in [2.75, 3.05) is 31.5 Å². The molecule has 0 bridgehead atoms. The van der Waals surface area contributed by atoms with Crippen molar-refractivity contribution >= 4 is 23.0 Å². The summed E-state index contributed by atoms with van der Waals surface area (Å²) >= 11 is 5.61. The Labute approximate surface area is 149 Å². The summed E-state index contributed by atoms with van der Waals surface area (Å²) < 4.78 is 0. The molecule has 0 aliphatic carbocycles. The number of nitrogens with one attached hydrogen (secondary N) is 1. The minimum Gasteiger partial charge on any atom is -0.346 e. The molecule has 2 aromatic rings. The highest BCUT2D eigenvalue weighted by atomic mass is 32.1. The molecule has 126 valence electrons. The number of piperazine rings is 1. The van der Waals surface area contributed by atoms with E-state index in [0.29, 0.717) is 0 Å². The van der Waals surface area contributed by atoms with Gasteiger partial charge in [0.25, 0.3) is 0 Å². The van der Waals surface area contributed by atoms with Crippen LogP contribution >= 0.6 is 12.2 Å². The Morgan fingerprint density at radius 2 is 1.88 bits per heavy atom. The van der Waals surface area contributed by atoms with Crippen molar-refractivity contribution in [3.63, 3.8) is 0 Å². The fourth-order valence-electron chi connectivity index (χ4n) is 2.91. The van der Waals surface area contributed by atoms with Gasteiger partial charge in [0.2, 0.25) is 0 Å². The van der Waals surface area contributed by atoms with Gasteiger partial charge in [-0.1, -0.05) is 18.2 Å². The topological polar surface area (TPSA) is 31.4 Å². The third kappa shape index (κ3) is 4.10. The Bertz CT molecular complexity index is 694. The Balaban J connectivity index is 1.52. The maximum absolute atomic E-state index is 5.61. The van der Waals surface area contributed by atoms with Gasteiger partial charge in [-0.25, -0.2) is 0 Å². The highest BCUT2D eigenvalue weighted by Gasteiger charge is 2.19. The highest BCUT2D eigenvalue weighted by molar-refractivity contribution is 7.80. The smallest absolute Gasteiger partial charge is 0.173 e. The zero-order valence-electron chi connectivity index (χ0n) is 14.3. The molecule has 0 radical (unpaired) electrons. The number of benzene rings is 1. The third-order valence-electron chi connectivity index (χ3n) is 4.62. The summed E-state index contributed by atoms with van der Waals surface area (Å²) in [6.45, 7) is 9.07. The van der Waals surface area contributed by atoms with Crippen LogP contribution in [-0.4, -0.2) is 46.1 Å². The van der Waals surface area contributed by atoms with Gasteiger partial charge in [-0.2, -0.15) is 0 Å². The number of aryl methyl sites for hydroxylation is 1. The second-order valence-corrected chi connectivity index (χ2v) is 6.65. The number of pyridine rings is 1. The van der Waals surface area contributed by atoms with Gasteiger partial charge in [0, 0.05) is 44.6 Å². The summed E-state index contributed by atoms with van der Waals surface area (Å²) in [5.74, 6) is 0. The summed E-state index contributed by atoms with van der Waals surface area (Å²) in [5.41, 5.74) is 4.77. The second kappa shape index (κ2) is 7.73. The van der Waals surface area contributed by atoms with Gasteiger partial charge in [-0.3, -0.25) is 9.88 Å². The summed E-state index contributed by atoms with van der Waals surface area (Å²) in [7, 11) is 0. The van der Waals surface area contributed by atoms with Crippen LogP contribution in [-0.2, 0) is 6.54 Å². The minimum atomic E-state index is 0.821. The average molecular weight is 340 g/mol. The SMILES string of the molecule is Cc1cccc(NC(=S)N2CCN(Cc3ccccn3)CC2)c1C. The lowest BCUT2D eigenvalue weighted by Crippen LogP contribution is -2.49. The molecular formula is C19H24N4S. The maximum atomic E-state index is 5.61. The molecule has 0 saturated carbocycles. The number of thiocarbonyl (C=S) groups is 1. The number of aromatic nitrogens is 1. The van der Waals surface area contributed by atoms with Crippen molar-refractivity contribution in [1.29, 1.82) is 0 Å². The van der Waals surface area contributed by atoms with E-state index in [-0.39, 0.29) is 0 Å². The molecule has 0 amide bonds. The van der Waals surface area contributed by atoms with Crippen LogP contribution in [0.15, 0.2) is 42.6 Å². The number of nitrogens with zero attached hydrogens (tertiary/aromatic N) is 3. The standard InChI is InChI=1S/C19H24N4S/c1-15-6-5-8-18(16(15)2)21-19(24)23-12-10-22(11-13-23)14-17-7-3-4-9-20-17/h3-9H,10-14H2,1-2H3,(H,21,24). The molecule has 0 spiro atoms. The van der Waals surface area contributed by atoms with Crippen molar-refractivity contribution < 1.29 is 0 Å². The number of hydrogen-bond acceptors (Lipinski definition) is 3. The van der Waals surface area contributed by atoms with Crippen molar-refractivity contribution in [1.82, 2.24) is 14.8 Å². The minimum absolute atomic E-state index is 0.821. The van der Waals surface area contributed by atoms with Gasteiger partial charge in [-0.15, -0.1) is 0 Å². The van der Waals surface area contributed by atoms with Gasteiger partial charge < -0.3 is 10.2 Å². The molecule has 1 aromatic heterocycles. The van der Waals surface area contributed by atoms with Crippen LogP contribution in [0.2, 0.25) is 0 Å². The fraction of sp³-hybridized carbons (Fsp3) is 0.368. The van der Waals surface area contributed by atoms with E-state index < -0.39 is 0 Å². The van der Waals surface area contributed by atoms with Crippen LogP contribution in [0.3, 0.4) is 0 Å². The second-order valence-electron chi connectivity index (χ2n) is 6.26. The van der Waals surface area contributed by atoms with Crippen LogP contribution < -0.4 is 5.32 Å². The molecule has 24 heavy (non-hydrogen) atoms. The van der Waals surface area contributed by atoms with E-state index in [4.69, 9.17) is 12.2 Å². The van der Waals surface area contributed by atoms with Crippen LogP contribution in [0.5, 0.6) is 0 Å². The van der Waals surface area contributed by atoms with Crippen molar-refractivity contribution in [2.45, 2.75) is 20.4 Å². The van der Waals surface area contributed by atoms with E-state index >= 15 is 0 Å². The van der Waals surface area contributed by atoms with Crippen LogP contribution in [0.25, 0.3) is 0 Å². The Kier molecular flexibility index (Phi) is 5.43. The molecule has 0 unspecified atom stereocenters. The zero-order chi connectivity index (χ0) is 16.9. The molecule has 0 atom stereocenters. The molecule has 3 rings (SSSR count). The lowest BCUT2D eigenvalue weighted by Gasteiger charge is -2.36. The summed E-state index contributed by atoms with van der Waals surface area (Å²) in [5, 5.41) is 4.23. The van der Waals surface area contributed by atoms with Gasteiger partial charge in [0.05, 0.1) is 5.69 Å². The van der Waals surface area contributed by atoms with E-state index in [1.165, 1.54) is 11.1 Å². The Morgan fingerprint density at radius 1 is 1.08 bits per heavy atom. The largest absolute Gasteiger partial charge is 0.346 e. The lowest BCUT2D eigenvalue weighted by molar-refractivity contribution is 0.175. The molecule has 1 aliphatic rings. The molecule has 4 nitrogen and oxygen atoms in total. The molecule has 5 heteroatoms. The molecule has 1 aromatic carbocycles. The van der Waals surface area contributed by atoms with E-state index in [1.54, 1.807) is 0 Å². The first kappa shape index (κ1) is 16.9. The molecule has 2 heterocycles. The van der Waals surface area contributed by atoms with Crippen LogP contribution in [0.4, 0.5) is 5.69 Å². The third-order valence-corrected chi connectivity index (χ3v) is 4.98. The molecule has 1 aliphatic heterocycles. The zero-order valence-corrected chi connectivity index (χ0v) is 15.1. The summed E-state index contributed by atoms with van der Waals surface area (Å²) in [6, 6.07) is 12.4. The molecule has 1 fully saturated rings. The Hall–Kier alpha value is -1.98. The molecule has 1 N–H and O–H groups in total. The first-order valence-corrected chi connectivity index (χ1v) is 8.79. The summed E-state index contributed by atoms with van der Waals surface area (Å²) in [6.07, 6.45) is 1.86. The fourth-order valence-corrected chi connectivity index (χ4v) is 3.20. The van der Waals surface area contributed by atoms with Crippen LogP contribution in [0, 0.1) is 13.8 Å². The van der Waals surface area contributed by atoms with E-state index in [9.17, 15) is 0 Å². The number of rotatable bonds is 3. The van der Waals surface area contributed by atoms with E-state index in [0.717, 1.165) is 49.2 Å². The van der Waals surface area contributed by atoms with Crippen LogP contribution in [0.1, 0.15) is 16.8 Å². The normalized spacial score (nSPS) is 15.3. The van der Waals surface area contributed by atoms with Gasteiger partial charge >= 0.3 is 0 Å². The van der Waals surface area contributed by atoms with Crippen molar-refractivity contribution in [2.24, 2.45) is 0 Å². The van der Waals surface area contributed by atoms with Crippen molar-refractivity contribution in [3.8, 4) is 0 Å². The first-order valence-electron chi connectivity index (χ1n) is 8.38. The molecular weight excluding hydrogens is 316 g/mol. The quantitative estimate of drug-likeness (QED) is 0.867. The van der Waals surface area contributed by atoms with Gasteiger partial charge in [0.1, 0.15) is 0 Å². The van der Waals surface area contributed by atoms with E-state index in [1.807, 2.05) is 18.3 Å². The van der Waals surface area contributed by atoms with Crippen molar-refractivity contribution in [3.05, 3.63) is 59.4 Å². The predicted molar refractivity (Wildman–Crippen MR) is 103 cm³/mol. The Morgan fingerprint density at radius 3 is 2.58 bits per heavy atom.